The fourth-order valence-corrected chi connectivity index (χ4v) is 3.11. The third kappa shape index (κ3) is 4.72. The van der Waals surface area contributed by atoms with Crippen molar-refractivity contribution in [1.29, 1.82) is 0 Å². The lowest BCUT2D eigenvalue weighted by molar-refractivity contribution is 0.0940. The van der Waals surface area contributed by atoms with Crippen molar-refractivity contribution in [3.05, 3.63) is 84.3 Å². The van der Waals surface area contributed by atoms with Crippen molar-refractivity contribution >= 4 is 11.6 Å². The second-order valence-electron chi connectivity index (χ2n) is 7.01. The molecule has 0 radical (unpaired) electrons. The van der Waals surface area contributed by atoms with Crippen LogP contribution in [-0.4, -0.2) is 35.6 Å². The van der Waals surface area contributed by atoms with Crippen LogP contribution in [-0.2, 0) is 13.6 Å². The van der Waals surface area contributed by atoms with Gasteiger partial charge in [-0.3, -0.25) is 9.78 Å². The fraction of sp³-hybridized carbons (Fsp3) is 0.182. The molecule has 1 aromatic carbocycles. The quantitative estimate of drug-likeness (QED) is 0.478. The molecule has 0 spiro atoms. The molecule has 0 unspecified atom stereocenters. The van der Waals surface area contributed by atoms with Gasteiger partial charge in [-0.05, 0) is 42.8 Å². The fourth-order valence-electron chi connectivity index (χ4n) is 3.11. The molecule has 0 bridgehead atoms. The van der Waals surface area contributed by atoms with E-state index in [2.05, 4.69) is 35.8 Å². The number of hydrogen-bond donors (Lipinski definition) is 2. The highest BCUT2D eigenvalue weighted by atomic mass is 16.1. The van der Waals surface area contributed by atoms with Gasteiger partial charge in [-0.25, -0.2) is 9.97 Å². The van der Waals surface area contributed by atoms with Gasteiger partial charge < -0.3 is 15.2 Å². The second-order valence-corrected chi connectivity index (χ2v) is 7.01. The van der Waals surface area contributed by atoms with Crippen molar-refractivity contribution in [2.75, 3.05) is 5.32 Å². The number of carbonyl (C=O) groups is 1. The molecular weight excluding hydrogens is 392 g/mol. The number of benzene rings is 1. The Morgan fingerprint density at radius 3 is 2.77 bits per heavy atom. The lowest BCUT2D eigenvalue weighted by atomic mass is 10.1. The number of nitrogens with one attached hydrogen (secondary N) is 2. The predicted molar refractivity (Wildman–Crippen MR) is 116 cm³/mol. The van der Waals surface area contributed by atoms with E-state index in [4.69, 9.17) is 0 Å². The number of pyridine rings is 1. The zero-order valence-electron chi connectivity index (χ0n) is 17.2. The van der Waals surface area contributed by atoms with Crippen LogP contribution in [0.15, 0.2) is 67.4 Å². The molecule has 31 heavy (non-hydrogen) atoms. The average Bonchev–Trinajstić information content (AvgIpc) is 3.19. The molecule has 0 saturated heterocycles. The lowest BCUT2D eigenvalue weighted by Gasteiger charge is -2.14. The molecule has 0 aliphatic rings. The molecule has 9 nitrogen and oxygen atoms in total. The van der Waals surface area contributed by atoms with Crippen molar-refractivity contribution in [3.8, 4) is 11.5 Å². The minimum atomic E-state index is -0.148. The molecule has 0 aliphatic heterocycles. The zero-order chi connectivity index (χ0) is 21.6. The summed E-state index contributed by atoms with van der Waals surface area (Å²) >= 11 is 0. The highest BCUT2D eigenvalue weighted by Crippen LogP contribution is 2.17. The van der Waals surface area contributed by atoms with Gasteiger partial charge in [0.15, 0.2) is 11.6 Å². The molecule has 9 heteroatoms. The molecule has 3 aromatic heterocycles. The van der Waals surface area contributed by atoms with Crippen LogP contribution >= 0.6 is 0 Å². The van der Waals surface area contributed by atoms with Gasteiger partial charge in [-0.2, -0.15) is 0 Å². The second kappa shape index (κ2) is 9.12. The molecule has 1 atom stereocenters. The summed E-state index contributed by atoms with van der Waals surface area (Å²) in [6, 6.07) is 12.8. The first-order chi connectivity index (χ1) is 15.1. The number of hydrogen-bond acceptors (Lipinski definition) is 7. The van der Waals surface area contributed by atoms with Crippen LogP contribution in [0.2, 0.25) is 0 Å². The maximum atomic E-state index is 12.7. The molecule has 0 saturated carbocycles. The van der Waals surface area contributed by atoms with Crippen molar-refractivity contribution in [2.24, 2.45) is 7.05 Å². The normalized spacial score (nSPS) is 11.7. The SMILES string of the molecule is C[C@H](NC(=O)c1cccc(NCc2nnc(-c3ccncn3)n2C)c1)c1cccnc1. The number of amides is 1. The third-order valence-corrected chi connectivity index (χ3v) is 4.88. The summed E-state index contributed by atoms with van der Waals surface area (Å²) in [5, 5.41) is 14.8. The van der Waals surface area contributed by atoms with Crippen LogP contribution in [0, 0.1) is 0 Å². The summed E-state index contributed by atoms with van der Waals surface area (Å²) in [6.07, 6.45) is 6.61. The summed E-state index contributed by atoms with van der Waals surface area (Å²) in [6.45, 7) is 2.38. The van der Waals surface area contributed by atoms with E-state index in [9.17, 15) is 4.79 Å². The van der Waals surface area contributed by atoms with E-state index in [0.717, 1.165) is 17.1 Å². The first-order valence-corrected chi connectivity index (χ1v) is 9.81. The highest BCUT2D eigenvalue weighted by molar-refractivity contribution is 5.95. The molecular formula is C22H22N8O. The minimum Gasteiger partial charge on any atom is -0.378 e. The molecule has 0 aliphatic carbocycles. The molecule has 3 heterocycles. The van der Waals surface area contributed by atoms with Crippen molar-refractivity contribution in [3.63, 3.8) is 0 Å². The van der Waals surface area contributed by atoms with Crippen LogP contribution in [0.4, 0.5) is 5.69 Å². The topological polar surface area (TPSA) is 111 Å². The molecule has 156 valence electrons. The van der Waals surface area contributed by atoms with Gasteiger partial charge in [0.1, 0.15) is 12.0 Å². The molecule has 2 N–H and O–H groups in total. The Bertz CT molecular complexity index is 1160. The van der Waals surface area contributed by atoms with E-state index in [1.807, 2.05) is 48.9 Å². The van der Waals surface area contributed by atoms with Gasteiger partial charge in [0, 0.05) is 36.9 Å². The highest BCUT2D eigenvalue weighted by Gasteiger charge is 2.13. The van der Waals surface area contributed by atoms with Crippen molar-refractivity contribution < 1.29 is 4.79 Å². The van der Waals surface area contributed by atoms with Crippen LogP contribution in [0.3, 0.4) is 0 Å². The van der Waals surface area contributed by atoms with Crippen LogP contribution in [0.1, 0.15) is 34.7 Å². The van der Waals surface area contributed by atoms with Crippen molar-refractivity contribution in [1.82, 2.24) is 35.0 Å². The van der Waals surface area contributed by atoms with Crippen LogP contribution < -0.4 is 10.6 Å². The number of rotatable bonds is 7. The number of anilines is 1. The van der Waals surface area contributed by atoms with E-state index in [0.29, 0.717) is 23.6 Å². The van der Waals surface area contributed by atoms with E-state index >= 15 is 0 Å². The Kier molecular flexibility index (Phi) is 5.93. The van der Waals surface area contributed by atoms with Gasteiger partial charge in [-0.1, -0.05) is 12.1 Å². The maximum Gasteiger partial charge on any atom is 0.251 e. The predicted octanol–water partition coefficient (Wildman–Crippen LogP) is 2.77. The number of aromatic nitrogens is 6. The molecule has 4 aromatic rings. The Balaban J connectivity index is 1.41. The molecule has 4 rings (SSSR count). The summed E-state index contributed by atoms with van der Waals surface area (Å²) in [7, 11) is 1.89. The van der Waals surface area contributed by atoms with Gasteiger partial charge in [0.25, 0.3) is 5.91 Å². The smallest absolute Gasteiger partial charge is 0.251 e. The van der Waals surface area contributed by atoms with E-state index in [1.54, 1.807) is 30.7 Å². The largest absolute Gasteiger partial charge is 0.378 e. The standard InChI is InChI=1S/C22H22N8O/c1-15(17-6-4-9-23-12-17)27-22(31)16-5-3-7-18(11-16)25-13-20-28-29-21(30(20)2)19-8-10-24-14-26-19/h3-12,14-15,25H,13H2,1-2H3,(H,27,31)/t15-/m0/s1. The van der Waals surface area contributed by atoms with E-state index in [1.165, 1.54) is 6.33 Å². The first-order valence-electron chi connectivity index (χ1n) is 9.81. The average molecular weight is 414 g/mol. The van der Waals surface area contributed by atoms with Gasteiger partial charge in [0.2, 0.25) is 0 Å². The van der Waals surface area contributed by atoms with E-state index in [-0.39, 0.29) is 11.9 Å². The van der Waals surface area contributed by atoms with Gasteiger partial charge >= 0.3 is 0 Å². The molecule has 1 amide bonds. The van der Waals surface area contributed by atoms with Crippen LogP contribution in [0.5, 0.6) is 0 Å². The number of carbonyl (C=O) groups excluding carboxylic acids is 1. The minimum absolute atomic E-state index is 0.142. The maximum absolute atomic E-state index is 12.7. The Morgan fingerprint density at radius 2 is 2.00 bits per heavy atom. The van der Waals surface area contributed by atoms with Gasteiger partial charge in [0.05, 0.1) is 12.6 Å². The van der Waals surface area contributed by atoms with E-state index < -0.39 is 0 Å². The summed E-state index contributed by atoms with van der Waals surface area (Å²) in [4.78, 5) is 24.9. The Labute approximate surface area is 179 Å². The van der Waals surface area contributed by atoms with Crippen LogP contribution in [0.25, 0.3) is 11.5 Å². The Hall–Kier alpha value is -4.14. The summed E-state index contributed by atoms with van der Waals surface area (Å²) < 4.78 is 1.88. The summed E-state index contributed by atoms with van der Waals surface area (Å²) in [5.74, 6) is 1.26. The monoisotopic (exact) mass is 414 g/mol. The zero-order valence-corrected chi connectivity index (χ0v) is 17.2. The molecule has 0 fully saturated rings. The first kappa shape index (κ1) is 20.1. The summed E-state index contributed by atoms with van der Waals surface area (Å²) in [5.41, 5.74) is 3.04. The lowest BCUT2D eigenvalue weighted by Crippen LogP contribution is -2.26. The Morgan fingerprint density at radius 1 is 1.10 bits per heavy atom. The third-order valence-electron chi connectivity index (χ3n) is 4.88. The van der Waals surface area contributed by atoms with Crippen molar-refractivity contribution in [2.45, 2.75) is 19.5 Å². The van der Waals surface area contributed by atoms with Gasteiger partial charge in [-0.15, -0.1) is 10.2 Å². The number of nitrogens with zero attached hydrogens (tertiary/aromatic N) is 6.